The van der Waals surface area contributed by atoms with Crippen molar-refractivity contribution < 1.29 is 34.2 Å². The minimum absolute atomic E-state index is 0.0554. The van der Waals surface area contributed by atoms with E-state index in [1.54, 1.807) is 0 Å². The predicted molar refractivity (Wildman–Crippen MR) is 127 cm³/mol. The van der Waals surface area contributed by atoms with E-state index in [-0.39, 0.29) is 19.3 Å². The molecule has 6 N–H and O–H groups in total. The van der Waals surface area contributed by atoms with Gasteiger partial charge in [-0.1, -0.05) is 54.6 Å². The van der Waals surface area contributed by atoms with Crippen molar-refractivity contribution in [2.24, 2.45) is 5.73 Å². The van der Waals surface area contributed by atoms with Gasteiger partial charge in [-0.3, -0.25) is 24.0 Å². The summed E-state index contributed by atoms with van der Waals surface area (Å²) in [6.07, 6.45) is -0.770. The van der Waals surface area contributed by atoms with E-state index in [2.05, 4.69) is 10.6 Å². The monoisotopic (exact) mass is 483 g/mol. The van der Waals surface area contributed by atoms with Crippen LogP contribution in [-0.2, 0) is 30.4 Å². The van der Waals surface area contributed by atoms with E-state index < -0.39 is 54.6 Å². The molecule has 10 heteroatoms. The lowest BCUT2D eigenvalue weighted by atomic mass is 10.0. The third-order valence-corrected chi connectivity index (χ3v) is 5.31. The maximum Gasteiger partial charge on any atom is 0.303 e. The summed E-state index contributed by atoms with van der Waals surface area (Å²) in [6, 6.07) is 15.1. The van der Waals surface area contributed by atoms with E-state index in [9.17, 15) is 24.0 Å². The Bertz CT molecular complexity index is 1040. The summed E-state index contributed by atoms with van der Waals surface area (Å²) in [5.41, 5.74) is 8.25. The van der Waals surface area contributed by atoms with E-state index in [0.29, 0.717) is 6.42 Å². The number of carbonyl (C=O) groups is 5. The highest BCUT2D eigenvalue weighted by molar-refractivity contribution is 5.92. The van der Waals surface area contributed by atoms with Crippen molar-refractivity contribution in [3.8, 4) is 11.1 Å². The second kappa shape index (κ2) is 13.5. The third kappa shape index (κ3) is 9.66. The highest BCUT2D eigenvalue weighted by Crippen LogP contribution is 2.19. The van der Waals surface area contributed by atoms with Crippen LogP contribution in [0.1, 0.15) is 37.7 Å². The van der Waals surface area contributed by atoms with Gasteiger partial charge in [0, 0.05) is 19.3 Å². The van der Waals surface area contributed by atoms with Crippen molar-refractivity contribution in [1.82, 2.24) is 10.6 Å². The first-order valence-corrected chi connectivity index (χ1v) is 11.1. The average molecular weight is 484 g/mol. The second-order valence-corrected chi connectivity index (χ2v) is 8.01. The molecular formula is C25H29N3O7. The number of rotatable bonds is 14. The van der Waals surface area contributed by atoms with Gasteiger partial charge in [0.2, 0.25) is 17.7 Å². The van der Waals surface area contributed by atoms with Gasteiger partial charge in [-0.15, -0.1) is 0 Å². The number of carboxylic acid groups (broad SMARTS) is 2. The molecule has 186 valence electrons. The van der Waals surface area contributed by atoms with Crippen molar-refractivity contribution >= 4 is 29.7 Å². The fraction of sp³-hybridized carbons (Fsp3) is 0.320. The average Bonchev–Trinajstić information content (AvgIpc) is 2.83. The Hall–Kier alpha value is -4.21. The quantitative estimate of drug-likeness (QED) is 0.270. The van der Waals surface area contributed by atoms with Gasteiger partial charge < -0.3 is 26.6 Å². The molecule has 2 aromatic carbocycles. The Morgan fingerprint density at radius 3 is 1.80 bits per heavy atom. The molecule has 0 fully saturated rings. The second-order valence-electron chi connectivity index (χ2n) is 8.01. The van der Waals surface area contributed by atoms with Crippen LogP contribution in [0.3, 0.4) is 0 Å². The number of carbonyl (C=O) groups excluding carboxylic acids is 3. The standard InChI is InChI=1S/C25H29N3O7/c26-24(34)19(11-14-22(30)31)28-25(35)20(12-15-23(32)33)27-21(29)13-8-16-6-9-18(10-7-16)17-4-2-1-3-5-17/h1-7,9-10,19-20H,8,11-15H2,(H2,26,34)(H,27,29)(H,28,35)(H,30,31)(H,32,33)/t19-,20?/m0/s1. The number of hydrogen-bond donors (Lipinski definition) is 5. The lowest BCUT2D eigenvalue weighted by Crippen LogP contribution is -2.53. The molecule has 2 rings (SSSR count). The molecule has 2 aromatic rings. The zero-order chi connectivity index (χ0) is 25.8. The number of hydrogen-bond acceptors (Lipinski definition) is 5. The number of aliphatic carboxylic acids is 2. The molecule has 10 nitrogen and oxygen atoms in total. The van der Waals surface area contributed by atoms with Crippen molar-refractivity contribution in [3.63, 3.8) is 0 Å². The number of nitrogens with one attached hydrogen (secondary N) is 2. The maximum atomic E-state index is 12.6. The number of nitrogens with two attached hydrogens (primary N) is 1. The first-order valence-electron chi connectivity index (χ1n) is 11.1. The van der Waals surface area contributed by atoms with Crippen LogP contribution in [0.4, 0.5) is 0 Å². The molecule has 0 spiro atoms. The lowest BCUT2D eigenvalue weighted by molar-refractivity contribution is -0.139. The van der Waals surface area contributed by atoms with Crippen molar-refractivity contribution in [1.29, 1.82) is 0 Å². The van der Waals surface area contributed by atoms with Crippen LogP contribution in [0.25, 0.3) is 11.1 Å². The Balaban J connectivity index is 1.96. The molecule has 0 saturated carbocycles. The van der Waals surface area contributed by atoms with Crippen LogP contribution in [0.2, 0.25) is 0 Å². The minimum Gasteiger partial charge on any atom is -0.481 e. The Morgan fingerprint density at radius 1 is 0.714 bits per heavy atom. The SMILES string of the molecule is NC(=O)[C@H](CCC(=O)O)NC(=O)C(CCC(=O)O)NC(=O)CCc1ccc(-c2ccccc2)cc1. The largest absolute Gasteiger partial charge is 0.481 e. The van der Waals surface area contributed by atoms with E-state index in [1.165, 1.54) is 0 Å². The fourth-order valence-electron chi connectivity index (χ4n) is 3.38. The van der Waals surface area contributed by atoms with Gasteiger partial charge in [-0.2, -0.15) is 0 Å². The Morgan fingerprint density at radius 2 is 1.26 bits per heavy atom. The van der Waals surface area contributed by atoms with E-state index in [1.807, 2.05) is 54.6 Å². The summed E-state index contributed by atoms with van der Waals surface area (Å²) >= 11 is 0. The number of amides is 3. The van der Waals surface area contributed by atoms with Crippen LogP contribution in [0.5, 0.6) is 0 Å². The highest BCUT2D eigenvalue weighted by atomic mass is 16.4. The van der Waals surface area contributed by atoms with Gasteiger partial charge in [0.05, 0.1) is 0 Å². The lowest BCUT2D eigenvalue weighted by Gasteiger charge is -2.21. The fourth-order valence-corrected chi connectivity index (χ4v) is 3.38. The molecule has 0 aromatic heterocycles. The minimum atomic E-state index is -1.26. The van der Waals surface area contributed by atoms with Crippen LogP contribution in [0.15, 0.2) is 54.6 Å². The molecule has 0 aliphatic heterocycles. The summed E-state index contributed by atoms with van der Waals surface area (Å²) in [5, 5.41) is 22.6. The first kappa shape index (κ1) is 27.0. The third-order valence-electron chi connectivity index (χ3n) is 5.31. The van der Waals surface area contributed by atoms with Crippen molar-refractivity contribution in [3.05, 3.63) is 60.2 Å². The zero-order valence-corrected chi connectivity index (χ0v) is 19.1. The molecule has 1 unspecified atom stereocenters. The molecule has 0 bridgehead atoms. The first-order chi connectivity index (χ1) is 16.7. The normalized spacial score (nSPS) is 12.2. The highest BCUT2D eigenvalue weighted by Gasteiger charge is 2.26. The van der Waals surface area contributed by atoms with Crippen LogP contribution < -0.4 is 16.4 Å². The summed E-state index contributed by atoms with van der Waals surface area (Å²) in [6.45, 7) is 0. The number of primary amides is 1. The summed E-state index contributed by atoms with van der Waals surface area (Å²) in [5.74, 6) is -4.53. The molecule has 0 aliphatic rings. The van der Waals surface area contributed by atoms with E-state index in [0.717, 1.165) is 16.7 Å². The number of benzene rings is 2. The van der Waals surface area contributed by atoms with Crippen LogP contribution >= 0.6 is 0 Å². The molecule has 0 heterocycles. The Labute approximate surface area is 202 Å². The van der Waals surface area contributed by atoms with E-state index in [4.69, 9.17) is 15.9 Å². The molecule has 35 heavy (non-hydrogen) atoms. The van der Waals surface area contributed by atoms with Crippen molar-refractivity contribution in [2.75, 3.05) is 0 Å². The Kier molecular flexibility index (Phi) is 10.4. The summed E-state index contributed by atoms with van der Waals surface area (Å²) in [7, 11) is 0. The van der Waals surface area contributed by atoms with Gasteiger partial charge in [0.25, 0.3) is 0 Å². The topological polar surface area (TPSA) is 176 Å². The van der Waals surface area contributed by atoms with Gasteiger partial charge in [-0.05, 0) is 36.0 Å². The maximum absolute atomic E-state index is 12.6. The van der Waals surface area contributed by atoms with Gasteiger partial charge in [0.15, 0.2) is 0 Å². The van der Waals surface area contributed by atoms with Crippen molar-refractivity contribution in [2.45, 2.75) is 50.6 Å². The smallest absolute Gasteiger partial charge is 0.303 e. The van der Waals surface area contributed by atoms with Gasteiger partial charge in [0.1, 0.15) is 12.1 Å². The molecule has 0 aliphatic carbocycles. The molecule has 2 atom stereocenters. The van der Waals surface area contributed by atoms with E-state index >= 15 is 0 Å². The van der Waals surface area contributed by atoms with Gasteiger partial charge in [-0.25, -0.2) is 0 Å². The molecule has 0 saturated heterocycles. The molecular weight excluding hydrogens is 454 g/mol. The number of carboxylic acids is 2. The van der Waals surface area contributed by atoms with Crippen LogP contribution in [0, 0.1) is 0 Å². The van der Waals surface area contributed by atoms with Gasteiger partial charge >= 0.3 is 11.9 Å². The zero-order valence-electron chi connectivity index (χ0n) is 19.1. The van der Waals surface area contributed by atoms with Crippen LogP contribution in [-0.4, -0.2) is 52.0 Å². The summed E-state index contributed by atoms with van der Waals surface area (Å²) in [4.78, 5) is 58.4. The predicted octanol–water partition coefficient (Wildman–Crippen LogP) is 1.47. The molecule has 3 amide bonds. The summed E-state index contributed by atoms with van der Waals surface area (Å²) < 4.78 is 0. The number of aryl methyl sites for hydroxylation is 1. The molecule has 0 radical (unpaired) electrons.